The standard InChI is InChI=1S/C17H23N3O/c1-5-10-19-16(21)13(11-18)12-20-15-8-6-14(7-9-15)17(2,3)4/h6-9,12,20H,5,10H2,1-4H3,(H,19,21)/b13-12-. The van der Waals surface area contributed by atoms with E-state index in [1.807, 2.05) is 37.3 Å². The monoisotopic (exact) mass is 285 g/mol. The van der Waals surface area contributed by atoms with Crippen LogP contribution in [0.25, 0.3) is 0 Å². The summed E-state index contributed by atoms with van der Waals surface area (Å²) in [4.78, 5) is 11.7. The lowest BCUT2D eigenvalue weighted by molar-refractivity contribution is -0.117. The van der Waals surface area contributed by atoms with E-state index in [1.54, 1.807) is 0 Å². The highest BCUT2D eigenvalue weighted by Gasteiger charge is 2.12. The van der Waals surface area contributed by atoms with Crippen molar-refractivity contribution in [2.24, 2.45) is 0 Å². The van der Waals surface area contributed by atoms with Crippen LogP contribution in [0.3, 0.4) is 0 Å². The zero-order valence-corrected chi connectivity index (χ0v) is 13.2. The Kier molecular flexibility index (Phi) is 5.98. The number of hydrogen-bond donors (Lipinski definition) is 2. The summed E-state index contributed by atoms with van der Waals surface area (Å²) in [6.07, 6.45) is 2.28. The Balaban J connectivity index is 2.74. The molecule has 0 unspecified atom stereocenters. The van der Waals surface area contributed by atoms with E-state index in [-0.39, 0.29) is 16.9 Å². The van der Waals surface area contributed by atoms with Crippen LogP contribution in [-0.4, -0.2) is 12.5 Å². The van der Waals surface area contributed by atoms with Crippen molar-refractivity contribution < 1.29 is 4.79 Å². The fourth-order valence-corrected chi connectivity index (χ4v) is 1.70. The minimum Gasteiger partial charge on any atom is -0.360 e. The van der Waals surface area contributed by atoms with Crippen LogP contribution in [0.15, 0.2) is 36.0 Å². The van der Waals surface area contributed by atoms with E-state index < -0.39 is 0 Å². The lowest BCUT2D eigenvalue weighted by atomic mass is 9.87. The van der Waals surface area contributed by atoms with Crippen molar-refractivity contribution in [3.05, 3.63) is 41.6 Å². The number of carbonyl (C=O) groups is 1. The summed E-state index contributed by atoms with van der Waals surface area (Å²) >= 11 is 0. The summed E-state index contributed by atoms with van der Waals surface area (Å²) < 4.78 is 0. The molecular formula is C17H23N3O. The Bertz CT molecular complexity index is 545. The minimum atomic E-state index is -0.349. The fourth-order valence-electron chi connectivity index (χ4n) is 1.70. The van der Waals surface area contributed by atoms with Crippen molar-refractivity contribution >= 4 is 11.6 Å². The summed E-state index contributed by atoms with van der Waals surface area (Å²) in [5, 5.41) is 14.7. The number of anilines is 1. The molecule has 0 atom stereocenters. The number of benzene rings is 1. The van der Waals surface area contributed by atoms with Gasteiger partial charge in [0, 0.05) is 18.4 Å². The first-order valence-electron chi connectivity index (χ1n) is 7.14. The largest absolute Gasteiger partial charge is 0.360 e. The number of carbonyl (C=O) groups excluding carboxylic acids is 1. The van der Waals surface area contributed by atoms with E-state index in [1.165, 1.54) is 11.8 Å². The third-order valence-electron chi connectivity index (χ3n) is 3.03. The molecule has 1 aromatic carbocycles. The average molecular weight is 285 g/mol. The predicted octanol–water partition coefficient (Wildman–Crippen LogP) is 3.33. The lowest BCUT2D eigenvalue weighted by Crippen LogP contribution is -2.25. The Morgan fingerprint density at radius 3 is 2.38 bits per heavy atom. The molecule has 1 aromatic rings. The molecule has 1 rings (SSSR count). The first-order valence-corrected chi connectivity index (χ1v) is 7.14. The van der Waals surface area contributed by atoms with Gasteiger partial charge >= 0.3 is 0 Å². The van der Waals surface area contributed by atoms with Crippen LogP contribution in [0.4, 0.5) is 5.69 Å². The molecule has 0 fully saturated rings. The molecule has 21 heavy (non-hydrogen) atoms. The van der Waals surface area contributed by atoms with Crippen molar-refractivity contribution in [3.8, 4) is 6.07 Å². The number of nitrogens with one attached hydrogen (secondary N) is 2. The molecule has 0 saturated carbocycles. The van der Waals surface area contributed by atoms with Crippen LogP contribution in [0.1, 0.15) is 39.7 Å². The molecule has 0 bridgehead atoms. The molecule has 0 aliphatic rings. The van der Waals surface area contributed by atoms with Gasteiger partial charge in [0.15, 0.2) is 0 Å². The summed E-state index contributed by atoms with van der Waals surface area (Å²) in [6, 6.07) is 9.87. The second-order valence-corrected chi connectivity index (χ2v) is 5.90. The highest BCUT2D eigenvalue weighted by Crippen LogP contribution is 2.23. The molecule has 0 heterocycles. The van der Waals surface area contributed by atoms with E-state index in [0.29, 0.717) is 6.54 Å². The van der Waals surface area contributed by atoms with Crippen LogP contribution >= 0.6 is 0 Å². The van der Waals surface area contributed by atoms with Gasteiger partial charge in [-0.15, -0.1) is 0 Å². The number of amides is 1. The third kappa shape index (κ3) is 5.31. The average Bonchev–Trinajstić information content (AvgIpc) is 2.45. The second-order valence-electron chi connectivity index (χ2n) is 5.90. The van der Waals surface area contributed by atoms with E-state index in [2.05, 4.69) is 31.4 Å². The third-order valence-corrected chi connectivity index (χ3v) is 3.03. The van der Waals surface area contributed by atoms with Gasteiger partial charge in [-0.3, -0.25) is 4.79 Å². The second kappa shape index (κ2) is 7.49. The van der Waals surface area contributed by atoms with Crippen molar-refractivity contribution in [1.82, 2.24) is 5.32 Å². The number of rotatable bonds is 5. The maximum Gasteiger partial charge on any atom is 0.263 e. The smallest absolute Gasteiger partial charge is 0.263 e. The molecule has 0 radical (unpaired) electrons. The highest BCUT2D eigenvalue weighted by molar-refractivity contribution is 5.97. The summed E-state index contributed by atoms with van der Waals surface area (Å²) in [5.74, 6) is -0.349. The zero-order chi connectivity index (χ0) is 15.9. The van der Waals surface area contributed by atoms with Gasteiger partial charge in [0.2, 0.25) is 0 Å². The fraction of sp³-hybridized carbons (Fsp3) is 0.412. The number of nitriles is 1. The molecule has 1 amide bonds. The first-order chi connectivity index (χ1) is 9.88. The van der Waals surface area contributed by atoms with Crippen LogP contribution in [-0.2, 0) is 10.2 Å². The van der Waals surface area contributed by atoms with Crippen molar-refractivity contribution in [3.63, 3.8) is 0 Å². The predicted molar refractivity (Wildman–Crippen MR) is 85.8 cm³/mol. The number of nitrogens with zero attached hydrogens (tertiary/aromatic N) is 1. The Morgan fingerprint density at radius 1 is 1.29 bits per heavy atom. The first kappa shape index (κ1) is 16.8. The molecule has 4 heteroatoms. The van der Waals surface area contributed by atoms with Crippen LogP contribution in [0.2, 0.25) is 0 Å². The van der Waals surface area contributed by atoms with Crippen LogP contribution in [0, 0.1) is 11.3 Å². The lowest BCUT2D eigenvalue weighted by Gasteiger charge is -2.19. The topological polar surface area (TPSA) is 64.9 Å². The molecule has 112 valence electrons. The summed E-state index contributed by atoms with van der Waals surface area (Å²) in [7, 11) is 0. The molecular weight excluding hydrogens is 262 g/mol. The van der Waals surface area contributed by atoms with Crippen LogP contribution in [0.5, 0.6) is 0 Å². The summed E-state index contributed by atoms with van der Waals surface area (Å²) in [5.41, 5.74) is 2.26. The van der Waals surface area contributed by atoms with E-state index in [9.17, 15) is 4.79 Å². The van der Waals surface area contributed by atoms with E-state index >= 15 is 0 Å². The van der Waals surface area contributed by atoms with Crippen LogP contribution < -0.4 is 10.6 Å². The van der Waals surface area contributed by atoms with Crippen molar-refractivity contribution in [2.45, 2.75) is 39.5 Å². The van der Waals surface area contributed by atoms with Gasteiger partial charge in [-0.1, -0.05) is 39.8 Å². The maximum atomic E-state index is 11.7. The molecule has 0 aliphatic carbocycles. The molecule has 2 N–H and O–H groups in total. The van der Waals surface area contributed by atoms with Gasteiger partial charge in [-0.2, -0.15) is 5.26 Å². The van der Waals surface area contributed by atoms with Crippen molar-refractivity contribution in [2.75, 3.05) is 11.9 Å². The Hall–Kier alpha value is -2.28. The highest BCUT2D eigenvalue weighted by atomic mass is 16.1. The molecule has 4 nitrogen and oxygen atoms in total. The normalized spacial score (nSPS) is 11.7. The SMILES string of the molecule is CCCNC(=O)/C(C#N)=C\Nc1ccc(C(C)(C)C)cc1. The summed E-state index contributed by atoms with van der Waals surface area (Å²) in [6.45, 7) is 8.99. The van der Waals surface area contributed by atoms with Gasteiger partial charge < -0.3 is 10.6 Å². The zero-order valence-electron chi connectivity index (χ0n) is 13.2. The van der Waals surface area contributed by atoms with Gasteiger partial charge in [0.05, 0.1) is 0 Å². The van der Waals surface area contributed by atoms with Gasteiger partial charge in [0.25, 0.3) is 5.91 Å². The number of hydrogen-bond acceptors (Lipinski definition) is 3. The Labute approximate surface area is 126 Å². The maximum absolute atomic E-state index is 11.7. The van der Waals surface area contributed by atoms with Crippen molar-refractivity contribution in [1.29, 1.82) is 5.26 Å². The van der Waals surface area contributed by atoms with E-state index in [4.69, 9.17) is 5.26 Å². The molecule has 0 aromatic heterocycles. The molecule has 0 spiro atoms. The molecule has 0 saturated heterocycles. The molecule has 0 aliphatic heterocycles. The van der Waals surface area contributed by atoms with Gasteiger partial charge in [0.1, 0.15) is 11.6 Å². The van der Waals surface area contributed by atoms with E-state index in [0.717, 1.165) is 12.1 Å². The van der Waals surface area contributed by atoms with Gasteiger partial charge in [-0.25, -0.2) is 0 Å². The quantitative estimate of drug-likeness (QED) is 0.644. The van der Waals surface area contributed by atoms with Gasteiger partial charge in [-0.05, 0) is 29.5 Å². The minimum absolute atomic E-state index is 0.0725. The Morgan fingerprint density at radius 2 is 1.90 bits per heavy atom.